The number of rotatable bonds is 4. The summed E-state index contributed by atoms with van der Waals surface area (Å²) in [6.07, 6.45) is 1.55. The molecule has 0 spiro atoms. The molecule has 6 nitrogen and oxygen atoms in total. The molecule has 26 heavy (non-hydrogen) atoms. The van der Waals surface area contributed by atoms with Gasteiger partial charge in [0.05, 0.1) is 12.1 Å². The van der Waals surface area contributed by atoms with Gasteiger partial charge in [-0.1, -0.05) is 19.1 Å². The zero-order valence-electron chi connectivity index (χ0n) is 15.8. The van der Waals surface area contributed by atoms with Crippen LogP contribution in [-0.2, 0) is 11.2 Å². The van der Waals surface area contributed by atoms with E-state index in [0.717, 1.165) is 19.5 Å². The zero-order valence-corrected chi connectivity index (χ0v) is 15.8. The Kier molecular flexibility index (Phi) is 5.63. The van der Waals surface area contributed by atoms with E-state index < -0.39 is 5.60 Å². The van der Waals surface area contributed by atoms with E-state index in [1.54, 1.807) is 11.8 Å². The van der Waals surface area contributed by atoms with Crippen LogP contribution in [0.1, 0.15) is 36.2 Å². The Morgan fingerprint density at radius 2 is 1.69 bits per heavy atom. The Bertz CT molecular complexity index is 653. The van der Waals surface area contributed by atoms with Gasteiger partial charge in [0, 0.05) is 51.8 Å². The average molecular weight is 359 g/mol. The van der Waals surface area contributed by atoms with Gasteiger partial charge < -0.3 is 14.9 Å². The van der Waals surface area contributed by atoms with Crippen LogP contribution >= 0.6 is 0 Å². The molecule has 1 atom stereocenters. The summed E-state index contributed by atoms with van der Waals surface area (Å²) in [5, 5.41) is 11.0. The third kappa shape index (κ3) is 4.24. The van der Waals surface area contributed by atoms with Gasteiger partial charge in [-0.25, -0.2) is 0 Å². The van der Waals surface area contributed by atoms with Crippen molar-refractivity contribution in [1.29, 1.82) is 0 Å². The van der Waals surface area contributed by atoms with E-state index in [1.807, 2.05) is 29.2 Å². The normalized spacial score (nSPS) is 24.1. The molecule has 0 radical (unpaired) electrons. The van der Waals surface area contributed by atoms with Crippen LogP contribution in [-0.4, -0.2) is 83.0 Å². The molecule has 1 aromatic carbocycles. The van der Waals surface area contributed by atoms with E-state index in [0.29, 0.717) is 44.7 Å². The number of piperazine rings is 1. The van der Waals surface area contributed by atoms with E-state index in [1.165, 1.54) is 5.56 Å². The average Bonchev–Trinajstić information content (AvgIpc) is 3.03. The Morgan fingerprint density at radius 3 is 2.27 bits per heavy atom. The van der Waals surface area contributed by atoms with Gasteiger partial charge in [0.25, 0.3) is 5.91 Å². The van der Waals surface area contributed by atoms with Crippen LogP contribution in [0.15, 0.2) is 24.3 Å². The lowest BCUT2D eigenvalue weighted by Crippen LogP contribution is -2.53. The van der Waals surface area contributed by atoms with Gasteiger partial charge in [0.15, 0.2) is 0 Å². The van der Waals surface area contributed by atoms with Gasteiger partial charge in [-0.2, -0.15) is 0 Å². The second-order valence-corrected chi connectivity index (χ2v) is 7.53. The van der Waals surface area contributed by atoms with Crippen molar-refractivity contribution in [2.45, 2.75) is 32.3 Å². The summed E-state index contributed by atoms with van der Waals surface area (Å²) >= 11 is 0. The molecule has 2 aliphatic heterocycles. The maximum Gasteiger partial charge on any atom is 0.253 e. The van der Waals surface area contributed by atoms with Crippen LogP contribution in [0.25, 0.3) is 0 Å². The monoisotopic (exact) mass is 359 g/mol. The first-order valence-corrected chi connectivity index (χ1v) is 9.49. The fourth-order valence-corrected chi connectivity index (χ4v) is 3.86. The minimum absolute atomic E-state index is 0.00928. The molecule has 0 aliphatic carbocycles. The largest absolute Gasteiger partial charge is 0.387 e. The van der Waals surface area contributed by atoms with Crippen LogP contribution in [0.3, 0.4) is 0 Å². The first-order chi connectivity index (χ1) is 12.4. The predicted molar refractivity (Wildman–Crippen MR) is 100.0 cm³/mol. The molecule has 2 amide bonds. The number of nitrogens with zero attached hydrogens (tertiary/aromatic N) is 3. The fraction of sp³-hybridized carbons (Fsp3) is 0.600. The van der Waals surface area contributed by atoms with Crippen molar-refractivity contribution in [2.24, 2.45) is 0 Å². The molecule has 2 aliphatic rings. The van der Waals surface area contributed by atoms with Gasteiger partial charge in [-0.05, 0) is 30.5 Å². The first kappa shape index (κ1) is 18.9. The number of amides is 2. The molecule has 2 heterocycles. The number of likely N-dealkylation sites (tertiary alicyclic amines) is 1. The van der Waals surface area contributed by atoms with Gasteiger partial charge in [-0.3, -0.25) is 14.5 Å². The standard InChI is InChI=1S/C20H29N3O3/c1-3-17-4-6-18(7-5-17)19(25)23-9-8-20(26,15-23)14-21-10-12-22(13-11-21)16(2)24/h4-7,26H,3,8-15H2,1-2H3. The fourth-order valence-electron chi connectivity index (χ4n) is 3.86. The highest BCUT2D eigenvalue weighted by atomic mass is 16.3. The van der Waals surface area contributed by atoms with Gasteiger partial charge in [0.2, 0.25) is 5.91 Å². The summed E-state index contributed by atoms with van der Waals surface area (Å²) in [6, 6.07) is 7.73. The van der Waals surface area contributed by atoms with E-state index in [4.69, 9.17) is 0 Å². The molecule has 0 aromatic heterocycles. The highest BCUT2D eigenvalue weighted by Crippen LogP contribution is 2.25. The Labute approximate surface area is 155 Å². The van der Waals surface area contributed by atoms with Crippen molar-refractivity contribution in [2.75, 3.05) is 45.8 Å². The quantitative estimate of drug-likeness (QED) is 0.871. The smallest absolute Gasteiger partial charge is 0.253 e. The van der Waals surface area contributed by atoms with E-state index >= 15 is 0 Å². The van der Waals surface area contributed by atoms with Crippen LogP contribution in [0.2, 0.25) is 0 Å². The van der Waals surface area contributed by atoms with Crippen LogP contribution in [0.5, 0.6) is 0 Å². The number of aryl methyl sites for hydroxylation is 1. The lowest BCUT2D eigenvalue weighted by atomic mass is 10.0. The molecule has 1 aromatic rings. The van der Waals surface area contributed by atoms with E-state index in [9.17, 15) is 14.7 Å². The Morgan fingerprint density at radius 1 is 1.04 bits per heavy atom. The molecule has 0 saturated carbocycles. The highest BCUT2D eigenvalue weighted by Gasteiger charge is 2.40. The molecule has 142 valence electrons. The molecular weight excluding hydrogens is 330 g/mol. The number of carbonyl (C=O) groups is 2. The van der Waals surface area contributed by atoms with Crippen LogP contribution in [0, 0.1) is 0 Å². The highest BCUT2D eigenvalue weighted by molar-refractivity contribution is 5.94. The predicted octanol–water partition coefficient (Wildman–Crippen LogP) is 0.990. The summed E-state index contributed by atoms with van der Waals surface area (Å²) in [5.41, 5.74) is 1.03. The Balaban J connectivity index is 1.55. The summed E-state index contributed by atoms with van der Waals surface area (Å²) < 4.78 is 0. The van der Waals surface area contributed by atoms with Gasteiger partial charge in [-0.15, -0.1) is 0 Å². The number of carbonyl (C=O) groups excluding carboxylic acids is 2. The molecule has 0 bridgehead atoms. The molecule has 2 saturated heterocycles. The lowest BCUT2D eigenvalue weighted by Gasteiger charge is -2.37. The van der Waals surface area contributed by atoms with Crippen molar-refractivity contribution < 1.29 is 14.7 Å². The number of benzene rings is 1. The van der Waals surface area contributed by atoms with Crippen molar-refractivity contribution in [3.63, 3.8) is 0 Å². The minimum atomic E-state index is -0.864. The third-order valence-corrected chi connectivity index (χ3v) is 5.56. The van der Waals surface area contributed by atoms with Gasteiger partial charge >= 0.3 is 0 Å². The zero-order chi connectivity index (χ0) is 18.7. The number of hydrogen-bond acceptors (Lipinski definition) is 4. The van der Waals surface area contributed by atoms with Gasteiger partial charge in [0.1, 0.15) is 0 Å². The van der Waals surface area contributed by atoms with Crippen LogP contribution < -0.4 is 0 Å². The van der Waals surface area contributed by atoms with E-state index in [2.05, 4.69) is 11.8 Å². The van der Waals surface area contributed by atoms with Crippen LogP contribution in [0.4, 0.5) is 0 Å². The maximum atomic E-state index is 12.7. The minimum Gasteiger partial charge on any atom is -0.387 e. The molecule has 1 unspecified atom stereocenters. The maximum absolute atomic E-state index is 12.7. The third-order valence-electron chi connectivity index (χ3n) is 5.56. The first-order valence-electron chi connectivity index (χ1n) is 9.49. The van der Waals surface area contributed by atoms with Crippen molar-refractivity contribution in [1.82, 2.24) is 14.7 Å². The number of hydrogen-bond donors (Lipinski definition) is 1. The molecule has 2 fully saturated rings. The Hall–Kier alpha value is -1.92. The SMILES string of the molecule is CCc1ccc(C(=O)N2CCC(O)(CN3CCN(C(C)=O)CC3)C2)cc1. The molecule has 6 heteroatoms. The summed E-state index contributed by atoms with van der Waals surface area (Å²) in [5.74, 6) is 0.0973. The second-order valence-electron chi connectivity index (χ2n) is 7.53. The van der Waals surface area contributed by atoms with Crippen molar-refractivity contribution in [3.8, 4) is 0 Å². The van der Waals surface area contributed by atoms with E-state index in [-0.39, 0.29) is 11.8 Å². The summed E-state index contributed by atoms with van der Waals surface area (Å²) in [7, 11) is 0. The van der Waals surface area contributed by atoms with Crippen molar-refractivity contribution in [3.05, 3.63) is 35.4 Å². The summed E-state index contributed by atoms with van der Waals surface area (Å²) in [6.45, 7) is 8.15. The molecular formula is C20H29N3O3. The van der Waals surface area contributed by atoms with Crippen molar-refractivity contribution >= 4 is 11.8 Å². The topological polar surface area (TPSA) is 64.1 Å². The molecule has 3 rings (SSSR count). The number of β-amino-alcohol motifs (C(OH)–C–C–N with tert-alkyl or cyclic N) is 1. The summed E-state index contributed by atoms with van der Waals surface area (Å²) in [4.78, 5) is 29.9. The lowest BCUT2D eigenvalue weighted by molar-refractivity contribution is -0.130. The second kappa shape index (κ2) is 7.76. The molecule has 1 N–H and O–H groups in total. The number of aliphatic hydroxyl groups is 1.